The van der Waals surface area contributed by atoms with E-state index in [0.717, 1.165) is 38.1 Å². The van der Waals surface area contributed by atoms with Gasteiger partial charge in [-0.15, -0.1) is 0 Å². The first-order chi connectivity index (χ1) is 8.67. The lowest BCUT2D eigenvalue weighted by molar-refractivity contribution is 0.197. The van der Waals surface area contributed by atoms with Crippen LogP contribution in [0.3, 0.4) is 0 Å². The van der Waals surface area contributed by atoms with Gasteiger partial charge in [-0.3, -0.25) is 0 Å². The number of methoxy groups -OCH3 is 1. The molecule has 0 aromatic heterocycles. The zero-order valence-electron chi connectivity index (χ0n) is 11.6. The summed E-state index contributed by atoms with van der Waals surface area (Å²) in [4.78, 5) is 0. The van der Waals surface area contributed by atoms with Crippen molar-refractivity contribution >= 4 is 0 Å². The number of nitrogens with one attached hydrogen (secondary N) is 1. The number of ether oxygens (including phenoxy) is 1. The minimum absolute atomic E-state index is 0.141. The Labute approximate surface area is 110 Å². The molecule has 1 aromatic rings. The van der Waals surface area contributed by atoms with Crippen LogP contribution in [0.2, 0.25) is 0 Å². The molecule has 18 heavy (non-hydrogen) atoms. The van der Waals surface area contributed by atoms with Gasteiger partial charge in [0.25, 0.3) is 0 Å². The summed E-state index contributed by atoms with van der Waals surface area (Å²) in [7, 11) is 1.70. The third-order valence-corrected chi connectivity index (χ3v) is 3.31. The van der Waals surface area contributed by atoms with Gasteiger partial charge in [-0.25, -0.2) is 4.39 Å². The van der Waals surface area contributed by atoms with Gasteiger partial charge >= 0.3 is 0 Å². The average molecular weight is 253 g/mol. The maximum Gasteiger partial charge on any atom is 0.123 e. The van der Waals surface area contributed by atoms with E-state index < -0.39 is 0 Å². The third-order valence-electron chi connectivity index (χ3n) is 3.31. The smallest absolute Gasteiger partial charge is 0.123 e. The fraction of sp³-hybridized carbons (Fsp3) is 0.600. The molecule has 0 radical (unpaired) electrons. The Bertz CT molecular complexity index is 354. The molecule has 0 aliphatic carbocycles. The molecule has 0 amide bonds. The molecule has 0 spiro atoms. The second-order valence-corrected chi connectivity index (χ2v) is 4.75. The monoisotopic (exact) mass is 253 g/mol. The molecule has 1 unspecified atom stereocenters. The van der Waals surface area contributed by atoms with Gasteiger partial charge in [-0.2, -0.15) is 0 Å². The molecule has 0 aliphatic rings. The average Bonchev–Trinajstić information content (AvgIpc) is 2.37. The van der Waals surface area contributed by atoms with Crippen molar-refractivity contribution in [2.75, 3.05) is 26.8 Å². The molecule has 0 heterocycles. The van der Waals surface area contributed by atoms with Crippen LogP contribution in [-0.2, 0) is 11.2 Å². The Balaban J connectivity index is 2.48. The highest BCUT2D eigenvalue weighted by molar-refractivity contribution is 5.27. The lowest BCUT2D eigenvalue weighted by Crippen LogP contribution is -2.27. The Kier molecular flexibility index (Phi) is 6.91. The SMILES string of the molecule is CCC(CNCCOC)Cc1cc(F)ccc1C. The molecular weight excluding hydrogens is 229 g/mol. The van der Waals surface area contributed by atoms with E-state index in [0.29, 0.717) is 5.92 Å². The molecular formula is C15H24FNO. The van der Waals surface area contributed by atoms with Crippen LogP contribution >= 0.6 is 0 Å². The zero-order chi connectivity index (χ0) is 13.4. The van der Waals surface area contributed by atoms with Gasteiger partial charge in [-0.05, 0) is 49.1 Å². The lowest BCUT2D eigenvalue weighted by Gasteiger charge is -2.17. The molecule has 0 aliphatic heterocycles. The van der Waals surface area contributed by atoms with Gasteiger partial charge in [0.15, 0.2) is 0 Å². The molecule has 0 saturated carbocycles. The summed E-state index contributed by atoms with van der Waals surface area (Å²) in [6.07, 6.45) is 2.02. The summed E-state index contributed by atoms with van der Waals surface area (Å²) in [5.74, 6) is 0.403. The summed E-state index contributed by atoms with van der Waals surface area (Å²) in [6, 6.07) is 5.04. The minimum Gasteiger partial charge on any atom is -0.383 e. The highest BCUT2D eigenvalue weighted by atomic mass is 19.1. The highest BCUT2D eigenvalue weighted by Crippen LogP contribution is 2.16. The predicted molar refractivity (Wildman–Crippen MR) is 73.4 cm³/mol. The van der Waals surface area contributed by atoms with Crippen LogP contribution in [0.5, 0.6) is 0 Å². The fourth-order valence-corrected chi connectivity index (χ4v) is 2.01. The van der Waals surface area contributed by atoms with Crippen molar-refractivity contribution in [1.82, 2.24) is 5.32 Å². The number of hydrogen-bond acceptors (Lipinski definition) is 2. The van der Waals surface area contributed by atoms with Crippen LogP contribution in [-0.4, -0.2) is 26.8 Å². The number of rotatable bonds is 8. The van der Waals surface area contributed by atoms with Crippen molar-refractivity contribution in [2.24, 2.45) is 5.92 Å². The topological polar surface area (TPSA) is 21.3 Å². The largest absolute Gasteiger partial charge is 0.383 e. The van der Waals surface area contributed by atoms with Crippen LogP contribution < -0.4 is 5.32 Å². The summed E-state index contributed by atoms with van der Waals surface area (Å²) in [6.45, 7) is 6.78. The van der Waals surface area contributed by atoms with Crippen molar-refractivity contribution in [3.05, 3.63) is 35.1 Å². The molecule has 1 N–H and O–H groups in total. The van der Waals surface area contributed by atoms with E-state index in [9.17, 15) is 4.39 Å². The molecule has 3 heteroatoms. The first kappa shape index (κ1) is 15.1. The summed E-state index contributed by atoms with van der Waals surface area (Å²) >= 11 is 0. The molecule has 0 saturated heterocycles. The maximum atomic E-state index is 13.2. The van der Waals surface area contributed by atoms with E-state index >= 15 is 0 Å². The molecule has 1 aromatic carbocycles. The Morgan fingerprint density at radius 1 is 1.39 bits per heavy atom. The van der Waals surface area contributed by atoms with Crippen LogP contribution in [0.25, 0.3) is 0 Å². The minimum atomic E-state index is -0.141. The summed E-state index contributed by atoms with van der Waals surface area (Å²) in [5, 5.41) is 3.37. The number of benzene rings is 1. The number of aryl methyl sites for hydroxylation is 1. The standard InChI is InChI=1S/C15H24FNO/c1-4-13(11-17-7-8-18-3)9-14-10-15(16)6-5-12(14)2/h5-6,10,13,17H,4,7-9,11H2,1-3H3. The second-order valence-electron chi connectivity index (χ2n) is 4.75. The molecule has 0 bridgehead atoms. The Morgan fingerprint density at radius 2 is 2.17 bits per heavy atom. The highest BCUT2D eigenvalue weighted by Gasteiger charge is 2.09. The lowest BCUT2D eigenvalue weighted by atomic mass is 9.94. The van der Waals surface area contributed by atoms with Gasteiger partial charge in [0.1, 0.15) is 5.82 Å². The van der Waals surface area contributed by atoms with Crippen molar-refractivity contribution in [2.45, 2.75) is 26.7 Å². The quantitative estimate of drug-likeness (QED) is 0.719. The number of hydrogen-bond donors (Lipinski definition) is 1. The van der Waals surface area contributed by atoms with Crippen LogP contribution in [0.15, 0.2) is 18.2 Å². The van der Waals surface area contributed by atoms with Gasteiger partial charge in [0, 0.05) is 13.7 Å². The third kappa shape index (κ3) is 5.15. The first-order valence-electron chi connectivity index (χ1n) is 6.62. The Hall–Kier alpha value is -0.930. The molecule has 1 rings (SSSR count). The summed E-state index contributed by atoms with van der Waals surface area (Å²) < 4.78 is 18.2. The first-order valence-corrected chi connectivity index (χ1v) is 6.62. The van der Waals surface area contributed by atoms with Crippen molar-refractivity contribution in [1.29, 1.82) is 0 Å². The van der Waals surface area contributed by atoms with E-state index in [1.54, 1.807) is 13.2 Å². The van der Waals surface area contributed by atoms with Gasteiger partial charge in [0.05, 0.1) is 6.61 Å². The fourth-order valence-electron chi connectivity index (χ4n) is 2.01. The van der Waals surface area contributed by atoms with Gasteiger partial charge < -0.3 is 10.1 Å². The van der Waals surface area contributed by atoms with Crippen molar-refractivity contribution < 1.29 is 9.13 Å². The normalized spacial score (nSPS) is 12.7. The van der Waals surface area contributed by atoms with Crippen molar-refractivity contribution in [3.63, 3.8) is 0 Å². The van der Waals surface area contributed by atoms with E-state index in [-0.39, 0.29) is 5.82 Å². The molecule has 2 nitrogen and oxygen atoms in total. The predicted octanol–water partition coefficient (Wildman–Crippen LogP) is 2.94. The molecule has 0 fully saturated rings. The van der Waals surface area contributed by atoms with Gasteiger partial charge in [-0.1, -0.05) is 19.4 Å². The molecule has 102 valence electrons. The van der Waals surface area contributed by atoms with Crippen molar-refractivity contribution in [3.8, 4) is 0 Å². The van der Waals surface area contributed by atoms with E-state index in [1.807, 2.05) is 13.0 Å². The number of halogens is 1. The van der Waals surface area contributed by atoms with Crippen LogP contribution in [0.1, 0.15) is 24.5 Å². The van der Waals surface area contributed by atoms with E-state index in [4.69, 9.17) is 4.74 Å². The summed E-state index contributed by atoms with van der Waals surface area (Å²) in [5.41, 5.74) is 2.29. The molecule has 1 atom stereocenters. The van der Waals surface area contributed by atoms with E-state index in [2.05, 4.69) is 12.2 Å². The maximum absolute atomic E-state index is 13.2. The van der Waals surface area contributed by atoms with Crippen LogP contribution in [0.4, 0.5) is 4.39 Å². The van der Waals surface area contributed by atoms with E-state index in [1.165, 1.54) is 11.6 Å². The zero-order valence-corrected chi connectivity index (χ0v) is 11.6. The Morgan fingerprint density at radius 3 is 2.83 bits per heavy atom. The second kappa shape index (κ2) is 8.22. The van der Waals surface area contributed by atoms with Crippen LogP contribution in [0, 0.1) is 18.7 Å². The van der Waals surface area contributed by atoms with Gasteiger partial charge in [0.2, 0.25) is 0 Å².